The fourth-order valence-electron chi connectivity index (χ4n) is 0.609. The molecule has 0 aromatic carbocycles. The van der Waals surface area contributed by atoms with Gasteiger partial charge in [-0.2, -0.15) is 35.1 Å². The second-order valence-corrected chi connectivity index (χ2v) is 2.88. The monoisotopic (exact) mass is 300 g/mol. The average Bonchev–Trinajstić information content (AvgIpc) is 2.11. The van der Waals surface area contributed by atoms with E-state index in [1.807, 2.05) is 0 Å². The molecule has 0 saturated carbocycles. The van der Waals surface area contributed by atoms with Crippen molar-refractivity contribution in [1.82, 2.24) is 0 Å². The molecule has 0 rings (SSSR count). The van der Waals surface area contributed by atoms with Gasteiger partial charge in [0.2, 0.25) is 6.36 Å². The molecular weight excluding hydrogens is 297 g/mol. The molecule has 0 radical (unpaired) electrons. The van der Waals surface area contributed by atoms with Crippen molar-refractivity contribution in [3.63, 3.8) is 0 Å². The van der Waals surface area contributed by atoms with E-state index >= 15 is 0 Å². The topological polar surface area (TPSA) is 9.23 Å². The molecule has 0 aliphatic rings. The average molecular weight is 300 g/mol. The van der Waals surface area contributed by atoms with Crippen molar-refractivity contribution in [2.45, 2.75) is 37.2 Å². The molecule has 0 aliphatic heterocycles. The first-order valence-corrected chi connectivity index (χ1v) is 3.81. The third kappa shape index (κ3) is 4.46. The molecule has 0 saturated heterocycles. The smallest absolute Gasteiger partial charge is 0.279 e. The van der Waals surface area contributed by atoms with E-state index in [1.165, 1.54) is 0 Å². The van der Waals surface area contributed by atoms with Crippen LogP contribution in [0.25, 0.3) is 0 Å². The summed E-state index contributed by atoms with van der Waals surface area (Å²) in [5, 5.41) is 0. The molecule has 110 valence electrons. The molecule has 1 nitrogen and oxygen atoms in total. The van der Waals surface area contributed by atoms with E-state index < -0.39 is 37.2 Å². The van der Waals surface area contributed by atoms with Crippen LogP contribution in [-0.4, -0.2) is 37.2 Å². The van der Waals surface area contributed by atoms with Gasteiger partial charge < -0.3 is 0 Å². The molecule has 0 heterocycles. The van der Waals surface area contributed by atoms with Crippen LogP contribution in [0.3, 0.4) is 0 Å². The summed E-state index contributed by atoms with van der Waals surface area (Å²) in [6.07, 6.45) is -32.4. The molecule has 0 aromatic rings. The van der Waals surface area contributed by atoms with E-state index in [9.17, 15) is 48.3 Å². The molecule has 0 aromatic heterocycles. The highest BCUT2D eigenvalue weighted by atomic mass is 19.4. The number of ether oxygens (including phenoxy) is 1. The van der Waals surface area contributed by atoms with Crippen LogP contribution in [-0.2, 0) is 4.74 Å². The zero-order valence-corrected chi connectivity index (χ0v) is 7.80. The normalized spacial score (nSPS) is 19.5. The molecule has 12 heteroatoms. The molecule has 0 amide bonds. The Morgan fingerprint density at radius 2 is 1.06 bits per heavy atom. The Balaban J connectivity index is 4.78. The Morgan fingerprint density at radius 3 is 1.33 bits per heavy atom. The maximum atomic E-state index is 12.2. The summed E-state index contributed by atoms with van der Waals surface area (Å²) in [5.74, 6) is 0. The second kappa shape index (κ2) is 5.05. The van der Waals surface area contributed by atoms with E-state index in [0.717, 1.165) is 0 Å². The lowest BCUT2D eigenvalue weighted by Gasteiger charge is -2.25. The summed E-state index contributed by atoms with van der Waals surface area (Å²) in [5.41, 5.74) is 0. The van der Waals surface area contributed by atoms with Gasteiger partial charge in [0, 0.05) is 0 Å². The van der Waals surface area contributed by atoms with E-state index in [-0.39, 0.29) is 0 Å². The molecular formula is C6H3F11O. The van der Waals surface area contributed by atoms with Crippen molar-refractivity contribution in [3.8, 4) is 0 Å². The highest BCUT2D eigenvalue weighted by Gasteiger charge is 2.61. The maximum absolute atomic E-state index is 12.2. The number of rotatable bonds is 4. The van der Waals surface area contributed by atoms with Gasteiger partial charge in [0.05, 0.1) is 0 Å². The summed E-state index contributed by atoms with van der Waals surface area (Å²) < 4.78 is 132. The third-order valence-electron chi connectivity index (χ3n) is 1.39. The molecule has 0 bridgehead atoms. The summed E-state index contributed by atoms with van der Waals surface area (Å²) in [6.45, 7) is 0. The molecule has 0 spiro atoms. The van der Waals surface area contributed by atoms with Crippen LogP contribution in [0, 0.1) is 0 Å². The zero-order chi connectivity index (χ0) is 14.9. The van der Waals surface area contributed by atoms with Crippen molar-refractivity contribution in [2.75, 3.05) is 0 Å². The summed E-state index contributed by atoms with van der Waals surface area (Å²) in [4.78, 5) is 0. The van der Waals surface area contributed by atoms with Gasteiger partial charge in [-0.1, -0.05) is 0 Å². The van der Waals surface area contributed by atoms with Gasteiger partial charge in [-0.05, 0) is 0 Å². The van der Waals surface area contributed by atoms with Crippen LogP contribution < -0.4 is 0 Å². The zero-order valence-electron chi connectivity index (χ0n) is 7.80. The molecule has 0 N–H and O–H groups in total. The number of alkyl halides is 11. The van der Waals surface area contributed by atoms with Gasteiger partial charge in [-0.3, -0.25) is 4.74 Å². The molecule has 3 atom stereocenters. The Bertz CT molecular complexity index is 268. The van der Waals surface area contributed by atoms with Crippen LogP contribution in [0.5, 0.6) is 0 Å². The molecule has 18 heavy (non-hydrogen) atoms. The Labute approximate surface area is 91.5 Å². The van der Waals surface area contributed by atoms with Gasteiger partial charge in [0.1, 0.15) is 0 Å². The van der Waals surface area contributed by atoms with Gasteiger partial charge in [0.15, 0.2) is 0 Å². The van der Waals surface area contributed by atoms with Crippen LogP contribution in [0.1, 0.15) is 0 Å². The summed E-state index contributed by atoms with van der Waals surface area (Å²) in [6, 6.07) is 0. The minimum Gasteiger partial charge on any atom is -0.279 e. The lowest BCUT2D eigenvalue weighted by Crippen LogP contribution is -2.48. The quantitative estimate of drug-likeness (QED) is 0.719. The van der Waals surface area contributed by atoms with E-state index in [1.54, 1.807) is 0 Å². The van der Waals surface area contributed by atoms with E-state index in [2.05, 4.69) is 4.74 Å². The highest BCUT2D eigenvalue weighted by molar-refractivity contribution is 4.78. The van der Waals surface area contributed by atoms with Crippen LogP contribution in [0.4, 0.5) is 48.3 Å². The SMILES string of the molecule is F[C@H](OC(F)(F)[C@@H](F)C(F)(F)F)[C@H](F)C(F)(F)F. The van der Waals surface area contributed by atoms with Crippen molar-refractivity contribution in [3.05, 3.63) is 0 Å². The Morgan fingerprint density at radius 1 is 0.667 bits per heavy atom. The lowest BCUT2D eigenvalue weighted by molar-refractivity contribution is -0.377. The standard InChI is InChI=1S/C6H3F11O/c7-1(4(10,11)12)2(8)18-6(16,17)3(9)5(13,14)15/h1-3H/t1-,2+,3-/m0/s1. The molecule has 0 fully saturated rings. The summed E-state index contributed by atoms with van der Waals surface area (Å²) >= 11 is 0. The Hall–Kier alpha value is -0.810. The van der Waals surface area contributed by atoms with Crippen molar-refractivity contribution in [1.29, 1.82) is 0 Å². The first kappa shape index (κ1) is 17.2. The van der Waals surface area contributed by atoms with Gasteiger partial charge in [-0.25, -0.2) is 13.2 Å². The number of hydrogen-bond donors (Lipinski definition) is 0. The number of halogens is 11. The predicted octanol–water partition coefficient (Wildman–Crippen LogP) is 3.69. The van der Waals surface area contributed by atoms with Crippen molar-refractivity contribution in [2.24, 2.45) is 0 Å². The van der Waals surface area contributed by atoms with Crippen LogP contribution in [0.2, 0.25) is 0 Å². The Kier molecular flexibility index (Phi) is 4.83. The predicted molar refractivity (Wildman–Crippen MR) is 32.8 cm³/mol. The second-order valence-electron chi connectivity index (χ2n) is 2.88. The minimum atomic E-state index is -6.22. The lowest BCUT2D eigenvalue weighted by atomic mass is 10.3. The van der Waals surface area contributed by atoms with Crippen molar-refractivity contribution >= 4 is 0 Å². The van der Waals surface area contributed by atoms with Gasteiger partial charge in [0.25, 0.3) is 12.3 Å². The largest absolute Gasteiger partial charge is 0.428 e. The highest BCUT2D eigenvalue weighted by Crippen LogP contribution is 2.38. The van der Waals surface area contributed by atoms with Gasteiger partial charge in [-0.15, -0.1) is 0 Å². The fourth-order valence-corrected chi connectivity index (χ4v) is 0.609. The van der Waals surface area contributed by atoms with Crippen LogP contribution >= 0.6 is 0 Å². The minimum absolute atomic E-state index is 2.22. The van der Waals surface area contributed by atoms with E-state index in [4.69, 9.17) is 0 Å². The first-order valence-electron chi connectivity index (χ1n) is 3.81. The van der Waals surface area contributed by atoms with E-state index in [0.29, 0.717) is 0 Å². The fraction of sp³-hybridized carbons (Fsp3) is 1.00. The maximum Gasteiger partial charge on any atom is 0.428 e. The van der Waals surface area contributed by atoms with Gasteiger partial charge >= 0.3 is 18.5 Å². The van der Waals surface area contributed by atoms with Crippen LogP contribution in [0.15, 0.2) is 0 Å². The summed E-state index contributed by atoms with van der Waals surface area (Å²) in [7, 11) is 0. The molecule has 0 aliphatic carbocycles. The van der Waals surface area contributed by atoms with Crippen molar-refractivity contribution < 1.29 is 53.0 Å². The number of hydrogen-bond acceptors (Lipinski definition) is 1. The molecule has 0 unspecified atom stereocenters. The first-order chi connectivity index (χ1) is 7.69. The third-order valence-corrected chi connectivity index (χ3v) is 1.39.